The summed E-state index contributed by atoms with van der Waals surface area (Å²) in [5.41, 5.74) is 16.2. The molecule has 0 radical (unpaired) electrons. The van der Waals surface area contributed by atoms with Gasteiger partial charge in [-0.15, -0.1) is 0 Å². The van der Waals surface area contributed by atoms with Gasteiger partial charge < -0.3 is 10.6 Å². The Bertz CT molecular complexity index is 2260. The summed E-state index contributed by atoms with van der Waals surface area (Å²) < 4.78 is 0. The molecule has 3 aliphatic rings. The minimum absolute atomic E-state index is 0.198. The summed E-state index contributed by atoms with van der Waals surface area (Å²) in [6.45, 7) is 0.863. The quantitative estimate of drug-likeness (QED) is 0.209. The van der Waals surface area contributed by atoms with Crippen molar-refractivity contribution in [3.05, 3.63) is 175 Å². The largest absolute Gasteiger partial charge is 0.381 e. The first-order valence-corrected chi connectivity index (χ1v) is 16.0. The van der Waals surface area contributed by atoms with Gasteiger partial charge in [-0.2, -0.15) is 0 Å². The van der Waals surface area contributed by atoms with Gasteiger partial charge in [0.15, 0.2) is 0 Å². The predicted octanol–water partition coefficient (Wildman–Crippen LogP) is 10.7. The van der Waals surface area contributed by atoms with Crippen molar-refractivity contribution >= 4 is 16.5 Å². The molecule has 0 amide bonds. The fraction of sp³-hybridized carbons (Fsp3) is 0.0455. The summed E-state index contributed by atoms with van der Waals surface area (Å²) in [6.07, 6.45) is 14.7. The molecule has 0 spiro atoms. The molecule has 2 heteroatoms. The molecule has 2 heterocycles. The molecule has 218 valence electrons. The van der Waals surface area contributed by atoms with Crippen molar-refractivity contribution in [3.63, 3.8) is 0 Å². The van der Waals surface area contributed by atoms with Crippen LogP contribution in [0.25, 0.3) is 72.1 Å². The van der Waals surface area contributed by atoms with Gasteiger partial charge in [0.25, 0.3) is 0 Å². The number of allylic oxidation sites excluding steroid dienone is 4. The molecular formula is C44H32N2. The van der Waals surface area contributed by atoms with Gasteiger partial charge in [-0.1, -0.05) is 121 Å². The third-order valence-electron chi connectivity index (χ3n) is 9.50. The molecule has 2 N–H and O–H groups in total. The van der Waals surface area contributed by atoms with Gasteiger partial charge in [0, 0.05) is 12.2 Å². The summed E-state index contributed by atoms with van der Waals surface area (Å²) in [4.78, 5) is 0. The number of fused-ring (bicyclic) bond motifs is 3. The lowest BCUT2D eigenvalue weighted by molar-refractivity contribution is 0.746. The molecule has 0 aromatic heterocycles. The molecule has 6 aromatic rings. The van der Waals surface area contributed by atoms with Crippen molar-refractivity contribution in [3.8, 4) is 55.6 Å². The summed E-state index contributed by atoms with van der Waals surface area (Å²) in [6, 6.07) is 45.5. The molecule has 1 atom stereocenters. The zero-order valence-electron chi connectivity index (χ0n) is 25.4. The van der Waals surface area contributed by atoms with Crippen molar-refractivity contribution in [2.45, 2.75) is 6.04 Å². The third-order valence-corrected chi connectivity index (χ3v) is 9.50. The zero-order valence-corrected chi connectivity index (χ0v) is 25.4. The van der Waals surface area contributed by atoms with Gasteiger partial charge in [0.2, 0.25) is 0 Å². The maximum Gasteiger partial charge on any atom is 0.0695 e. The monoisotopic (exact) mass is 588 g/mol. The van der Waals surface area contributed by atoms with E-state index in [1.54, 1.807) is 0 Å². The molecule has 1 unspecified atom stereocenters. The van der Waals surface area contributed by atoms with E-state index in [0.717, 1.165) is 12.2 Å². The first-order chi connectivity index (χ1) is 22.8. The molecular weight excluding hydrogens is 556 g/mol. The Morgan fingerprint density at radius 1 is 0.500 bits per heavy atom. The molecule has 0 fully saturated rings. The Morgan fingerprint density at radius 3 is 1.83 bits per heavy atom. The standard InChI is InChI=1S/C44H32N2/c1-3-23-45-42(11-1)31-17-13-29(14-18-31)35-25-36(30-15-19-32(20-16-30)43-12-2-4-24-46-43)27-37(26-35)34-21-22-38-39-9-5-7-33-8-6-10-40(44(33)39)41(38)28-34/h1-23,25-28,42,45-46H,24H2. The minimum Gasteiger partial charge on any atom is -0.381 e. The Hall–Kier alpha value is -5.86. The van der Waals surface area contributed by atoms with E-state index in [1.165, 1.54) is 77.5 Å². The highest BCUT2D eigenvalue weighted by atomic mass is 14.9. The molecule has 46 heavy (non-hydrogen) atoms. The Balaban J connectivity index is 1.15. The van der Waals surface area contributed by atoms with E-state index in [0.29, 0.717) is 0 Å². The fourth-order valence-corrected chi connectivity index (χ4v) is 7.14. The van der Waals surface area contributed by atoms with Crippen LogP contribution in [0.2, 0.25) is 0 Å². The molecule has 2 nitrogen and oxygen atoms in total. The topological polar surface area (TPSA) is 24.1 Å². The van der Waals surface area contributed by atoms with E-state index in [2.05, 4.69) is 162 Å². The van der Waals surface area contributed by atoms with Crippen LogP contribution in [0.5, 0.6) is 0 Å². The van der Waals surface area contributed by atoms with E-state index in [1.807, 2.05) is 12.3 Å². The molecule has 0 saturated carbocycles. The third kappa shape index (κ3) is 4.58. The van der Waals surface area contributed by atoms with E-state index in [-0.39, 0.29) is 6.04 Å². The van der Waals surface area contributed by atoms with Crippen LogP contribution >= 0.6 is 0 Å². The van der Waals surface area contributed by atoms with Crippen LogP contribution in [-0.4, -0.2) is 6.54 Å². The van der Waals surface area contributed by atoms with E-state index in [4.69, 9.17) is 0 Å². The van der Waals surface area contributed by atoms with Crippen LogP contribution < -0.4 is 10.6 Å². The van der Waals surface area contributed by atoms with Gasteiger partial charge in [-0.3, -0.25) is 0 Å². The first kappa shape index (κ1) is 26.5. The highest BCUT2D eigenvalue weighted by Gasteiger charge is 2.21. The van der Waals surface area contributed by atoms with Gasteiger partial charge in [0.1, 0.15) is 0 Å². The number of hydrogen-bond donors (Lipinski definition) is 2. The molecule has 2 aliphatic heterocycles. The zero-order chi connectivity index (χ0) is 30.5. The van der Waals surface area contributed by atoms with Gasteiger partial charge >= 0.3 is 0 Å². The lowest BCUT2D eigenvalue weighted by Gasteiger charge is -2.17. The first-order valence-electron chi connectivity index (χ1n) is 16.0. The van der Waals surface area contributed by atoms with Gasteiger partial charge in [0.05, 0.1) is 6.04 Å². The van der Waals surface area contributed by atoms with E-state index in [9.17, 15) is 0 Å². The van der Waals surface area contributed by atoms with Gasteiger partial charge in [-0.25, -0.2) is 0 Å². The van der Waals surface area contributed by atoms with Crippen molar-refractivity contribution in [1.82, 2.24) is 10.6 Å². The van der Waals surface area contributed by atoms with Crippen molar-refractivity contribution in [2.24, 2.45) is 0 Å². The predicted molar refractivity (Wildman–Crippen MR) is 194 cm³/mol. The van der Waals surface area contributed by atoms with Crippen LogP contribution in [0.15, 0.2) is 164 Å². The highest BCUT2D eigenvalue weighted by Crippen LogP contribution is 2.48. The summed E-state index contributed by atoms with van der Waals surface area (Å²) in [5.74, 6) is 0. The normalized spacial score (nSPS) is 15.7. The molecule has 6 aromatic carbocycles. The van der Waals surface area contributed by atoms with Crippen molar-refractivity contribution in [1.29, 1.82) is 0 Å². The molecule has 0 bridgehead atoms. The Kier molecular flexibility index (Phi) is 6.31. The van der Waals surface area contributed by atoms with Crippen LogP contribution in [0.1, 0.15) is 17.2 Å². The SMILES string of the molecule is C1=CCNC(c2ccc(-c3cc(-c4ccc(C5C=CC=CN5)cc4)cc(-c4ccc5c(c4)-c4cccc6cccc-5c46)c3)cc2)=C1. The summed E-state index contributed by atoms with van der Waals surface area (Å²) >= 11 is 0. The number of benzene rings is 6. The lowest BCUT2D eigenvalue weighted by atomic mass is 9.91. The Labute approximate surface area is 269 Å². The average Bonchev–Trinajstić information content (AvgIpc) is 3.47. The highest BCUT2D eigenvalue weighted by molar-refractivity contribution is 6.15. The maximum atomic E-state index is 3.48. The number of nitrogens with one attached hydrogen (secondary N) is 2. The second-order valence-corrected chi connectivity index (χ2v) is 12.2. The van der Waals surface area contributed by atoms with Gasteiger partial charge in [-0.05, 0) is 120 Å². The fourth-order valence-electron chi connectivity index (χ4n) is 7.14. The molecule has 9 rings (SSSR count). The second-order valence-electron chi connectivity index (χ2n) is 12.2. The number of rotatable bonds is 5. The number of hydrogen-bond acceptors (Lipinski definition) is 2. The lowest BCUT2D eigenvalue weighted by Crippen LogP contribution is -2.14. The minimum atomic E-state index is 0.198. The van der Waals surface area contributed by atoms with Crippen LogP contribution in [-0.2, 0) is 0 Å². The average molecular weight is 589 g/mol. The second kappa shape index (κ2) is 10.9. The number of dihydropyridines is 2. The maximum absolute atomic E-state index is 3.48. The van der Waals surface area contributed by atoms with E-state index < -0.39 is 0 Å². The Morgan fingerprint density at radius 2 is 1.15 bits per heavy atom. The smallest absolute Gasteiger partial charge is 0.0695 e. The van der Waals surface area contributed by atoms with Crippen molar-refractivity contribution in [2.75, 3.05) is 6.54 Å². The molecule has 1 aliphatic carbocycles. The van der Waals surface area contributed by atoms with Crippen LogP contribution in [0, 0.1) is 0 Å². The van der Waals surface area contributed by atoms with Crippen molar-refractivity contribution < 1.29 is 0 Å². The van der Waals surface area contributed by atoms with E-state index >= 15 is 0 Å². The molecule has 0 saturated heterocycles. The van der Waals surface area contributed by atoms with Crippen LogP contribution in [0.4, 0.5) is 0 Å². The summed E-state index contributed by atoms with van der Waals surface area (Å²) in [5, 5.41) is 9.58. The van der Waals surface area contributed by atoms with Crippen LogP contribution in [0.3, 0.4) is 0 Å². The summed E-state index contributed by atoms with van der Waals surface area (Å²) in [7, 11) is 0.